The average molecular weight is 469 g/mol. The van der Waals surface area contributed by atoms with Crippen LogP contribution in [-0.4, -0.2) is 30.3 Å². The number of benzene rings is 2. The van der Waals surface area contributed by atoms with Crippen LogP contribution in [0.3, 0.4) is 0 Å². The number of hydrogen-bond donors (Lipinski definition) is 0. The summed E-state index contributed by atoms with van der Waals surface area (Å²) >= 11 is 1.44. The minimum atomic E-state index is -0.745. The normalized spacial score (nSPS) is 13.1. The van der Waals surface area contributed by atoms with Crippen LogP contribution in [0.5, 0.6) is 5.75 Å². The largest absolute Gasteiger partial charge is 0.497 e. The number of methoxy groups -OCH3 is 1. The van der Waals surface area contributed by atoms with Crippen LogP contribution in [0, 0.1) is 10.1 Å². The number of carbonyl (C=O) groups is 1. The zero-order valence-electron chi connectivity index (χ0n) is 19.1. The first-order chi connectivity index (χ1) is 15.7. The van der Waals surface area contributed by atoms with Crippen molar-refractivity contribution in [2.45, 2.75) is 38.3 Å². The number of ether oxygens (including phenoxy) is 2. The van der Waals surface area contributed by atoms with Crippen LogP contribution in [0.15, 0.2) is 72.1 Å². The maximum atomic E-state index is 13.6. The number of carbonyl (C=O) groups excluding carboxylic acids is 1. The van der Waals surface area contributed by atoms with Crippen LogP contribution in [-0.2, 0) is 4.74 Å². The van der Waals surface area contributed by atoms with Crippen molar-refractivity contribution in [2.24, 2.45) is 0 Å². The molecule has 0 bridgehead atoms. The lowest BCUT2D eigenvalue weighted by Crippen LogP contribution is -2.42. The highest BCUT2D eigenvalue weighted by atomic mass is 32.1. The van der Waals surface area contributed by atoms with E-state index < -0.39 is 23.7 Å². The van der Waals surface area contributed by atoms with Crippen molar-refractivity contribution >= 4 is 23.1 Å². The van der Waals surface area contributed by atoms with Crippen molar-refractivity contribution in [3.63, 3.8) is 0 Å². The fourth-order valence-electron chi connectivity index (χ4n) is 3.65. The van der Waals surface area contributed by atoms with Gasteiger partial charge in [-0.05, 0) is 62.0 Å². The van der Waals surface area contributed by atoms with Gasteiger partial charge in [0.1, 0.15) is 11.4 Å². The molecule has 0 aliphatic carbocycles. The van der Waals surface area contributed by atoms with Crippen molar-refractivity contribution in [1.82, 2.24) is 0 Å². The lowest BCUT2D eigenvalue weighted by molar-refractivity contribution is -0.484. The Kier molecular flexibility index (Phi) is 7.71. The summed E-state index contributed by atoms with van der Waals surface area (Å²) < 4.78 is 11.0. The van der Waals surface area contributed by atoms with Crippen molar-refractivity contribution < 1.29 is 19.2 Å². The van der Waals surface area contributed by atoms with Crippen LogP contribution in [0.25, 0.3) is 0 Å². The lowest BCUT2D eigenvalue weighted by atomic mass is 9.89. The molecule has 0 saturated heterocycles. The minimum absolute atomic E-state index is 0.332. The molecule has 7 nitrogen and oxygen atoms in total. The third-order valence-corrected chi connectivity index (χ3v) is 6.00. The number of anilines is 1. The Balaban J connectivity index is 2.21. The molecule has 3 aromatic rings. The fourth-order valence-corrected chi connectivity index (χ4v) is 4.50. The molecule has 33 heavy (non-hydrogen) atoms. The van der Waals surface area contributed by atoms with Crippen LogP contribution < -0.4 is 9.64 Å². The second-order valence-corrected chi connectivity index (χ2v) is 9.52. The molecule has 1 aromatic heterocycles. The Morgan fingerprint density at radius 2 is 1.73 bits per heavy atom. The predicted molar refractivity (Wildman–Crippen MR) is 130 cm³/mol. The number of thiophene rings is 1. The Hall–Kier alpha value is -3.39. The van der Waals surface area contributed by atoms with E-state index in [1.807, 2.05) is 47.8 Å². The third kappa shape index (κ3) is 6.32. The molecule has 0 aliphatic rings. The summed E-state index contributed by atoms with van der Waals surface area (Å²) in [5.74, 6) is 0.0521. The van der Waals surface area contributed by atoms with Crippen LogP contribution in [0.4, 0.5) is 10.5 Å². The number of hydrogen-bond acceptors (Lipinski definition) is 6. The van der Waals surface area contributed by atoms with Gasteiger partial charge in [0.05, 0.1) is 19.1 Å². The van der Waals surface area contributed by atoms with E-state index in [4.69, 9.17) is 9.47 Å². The first-order valence-electron chi connectivity index (χ1n) is 10.6. The highest BCUT2D eigenvalue weighted by Gasteiger charge is 2.39. The lowest BCUT2D eigenvalue weighted by Gasteiger charge is -2.37. The van der Waals surface area contributed by atoms with Gasteiger partial charge < -0.3 is 9.47 Å². The highest BCUT2D eigenvalue weighted by Crippen LogP contribution is 2.41. The molecule has 2 atom stereocenters. The van der Waals surface area contributed by atoms with E-state index in [1.165, 1.54) is 16.2 Å². The predicted octanol–water partition coefficient (Wildman–Crippen LogP) is 6.30. The third-order valence-electron chi connectivity index (χ3n) is 5.00. The van der Waals surface area contributed by atoms with Gasteiger partial charge in [0.15, 0.2) is 0 Å². The van der Waals surface area contributed by atoms with E-state index in [0.717, 1.165) is 10.4 Å². The summed E-state index contributed by atoms with van der Waals surface area (Å²) in [7, 11) is 1.57. The average Bonchev–Trinajstić information content (AvgIpc) is 3.30. The van der Waals surface area contributed by atoms with Gasteiger partial charge in [-0.15, -0.1) is 11.3 Å². The van der Waals surface area contributed by atoms with Gasteiger partial charge in [0.25, 0.3) is 0 Å². The molecule has 0 aliphatic heterocycles. The first-order valence-corrected chi connectivity index (χ1v) is 11.4. The number of rotatable bonds is 8. The monoisotopic (exact) mass is 468 g/mol. The smallest absolute Gasteiger partial charge is 0.415 e. The molecule has 3 rings (SSSR count). The molecule has 1 amide bonds. The number of nitrogens with zero attached hydrogens (tertiary/aromatic N) is 2. The highest BCUT2D eigenvalue weighted by molar-refractivity contribution is 7.10. The Bertz CT molecular complexity index is 1050. The van der Waals surface area contributed by atoms with Crippen molar-refractivity contribution in [1.29, 1.82) is 0 Å². The quantitative estimate of drug-likeness (QED) is 0.286. The van der Waals surface area contributed by atoms with Crippen molar-refractivity contribution in [2.75, 3.05) is 18.6 Å². The van der Waals surface area contributed by atoms with Gasteiger partial charge in [0.2, 0.25) is 6.54 Å². The number of amides is 1. The van der Waals surface area contributed by atoms with Crippen molar-refractivity contribution in [3.05, 3.63) is 92.7 Å². The zero-order valence-corrected chi connectivity index (χ0v) is 20.0. The summed E-state index contributed by atoms with van der Waals surface area (Å²) in [4.78, 5) is 27.3. The topological polar surface area (TPSA) is 81.9 Å². The van der Waals surface area contributed by atoms with Crippen LogP contribution in [0.1, 0.15) is 43.2 Å². The number of nitro groups is 1. The van der Waals surface area contributed by atoms with E-state index in [0.29, 0.717) is 11.4 Å². The second kappa shape index (κ2) is 10.5. The Labute approximate surface area is 197 Å². The van der Waals surface area contributed by atoms with E-state index in [1.54, 1.807) is 52.1 Å². The molecule has 0 radical (unpaired) electrons. The van der Waals surface area contributed by atoms with Gasteiger partial charge >= 0.3 is 6.09 Å². The van der Waals surface area contributed by atoms with Crippen molar-refractivity contribution in [3.8, 4) is 5.75 Å². The Morgan fingerprint density at radius 3 is 2.24 bits per heavy atom. The SMILES string of the molecule is COc1ccc(N(C(=O)OC(C)(C)C)[C@H](c2ccccc2)[C@H](C[N+](=O)[O-])c2cccs2)cc1. The van der Waals surface area contributed by atoms with Crippen LogP contribution in [0.2, 0.25) is 0 Å². The summed E-state index contributed by atoms with van der Waals surface area (Å²) in [5, 5.41) is 13.6. The maximum Gasteiger partial charge on any atom is 0.415 e. The first kappa shape index (κ1) is 24.3. The summed E-state index contributed by atoms with van der Waals surface area (Å²) in [5.41, 5.74) is 0.591. The molecule has 2 aromatic carbocycles. The van der Waals surface area contributed by atoms with Gasteiger partial charge in [0, 0.05) is 15.5 Å². The minimum Gasteiger partial charge on any atom is -0.497 e. The molecular weight excluding hydrogens is 440 g/mol. The molecule has 0 saturated carbocycles. The molecule has 8 heteroatoms. The molecule has 0 unspecified atom stereocenters. The zero-order chi connectivity index (χ0) is 24.0. The maximum absolute atomic E-state index is 13.6. The summed E-state index contributed by atoms with van der Waals surface area (Å²) in [6, 6.07) is 19.5. The molecule has 1 heterocycles. The standard InChI is InChI=1S/C25H28N2O5S/c1-25(2,3)32-24(28)27(19-12-14-20(31-4)15-13-19)23(18-9-6-5-7-10-18)21(17-26(29)30)22-11-8-16-33-22/h5-16,21,23H,17H2,1-4H3/t21-,23-/m1/s1. The van der Waals surface area contributed by atoms with E-state index in [2.05, 4.69) is 0 Å². The van der Waals surface area contributed by atoms with Gasteiger partial charge in [-0.3, -0.25) is 15.0 Å². The fraction of sp³-hybridized carbons (Fsp3) is 0.320. The van der Waals surface area contributed by atoms with E-state index in [9.17, 15) is 14.9 Å². The summed E-state index contributed by atoms with van der Waals surface area (Å²) in [6.07, 6.45) is -0.577. The van der Waals surface area contributed by atoms with E-state index in [-0.39, 0.29) is 11.5 Å². The Morgan fingerprint density at radius 1 is 1.06 bits per heavy atom. The van der Waals surface area contributed by atoms with Gasteiger partial charge in [-0.1, -0.05) is 36.4 Å². The van der Waals surface area contributed by atoms with Gasteiger partial charge in [-0.25, -0.2) is 4.79 Å². The molecule has 0 fully saturated rings. The van der Waals surface area contributed by atoms with Gasteiger partial charge in [-0.2, -0.15) is 0 Å². The van der Waals surface area contributed by atoms with Crippen LogP contribution >= 0.6 is 11.3 Å². The second-order valence-electron chi connectivity index (χ2n) is 8.54. The molecule has 0 spiro atoms. The molecule has 0 N–H and O–H groups in total. The summed E-state index contributed by atoms with van der Waals surface area (Å²) in [6.45, 7) is 5.04. The molecule has 174 valence electrons. The van der Waals surface area contributed by atoms with E-state index >= 15 is 0 Å². The molecular formula is C25H28N2O5S.